The van der Waals surface area contributed by atoms with Gasteiger partial charge in [0.05, 0.1) is 36.4 Å². The fraction of sp³-hybridized carbons (Fsp3) is 0.391. The molecule has 1 saturated heterocycles. The second-order valence-corrected chi connectivity index (χ2v) is 8.55. The predicted octanol–water partition coefficient (Wildman–Crippen LogP) is 1.31. The molecule has 35 heavy (non-hydrogen) atoms. The van der Waals surface area contributed by atoms with E-state index in [4.69, 9.17) is 21.1 Å². The fourth-order valence-electron chi connectivity index (χ4n) is 4.05. The van der Waals surface area contributed by atoms with Gasteiger partial charge in [-0.15, -0.1) is 0 Å². The number of methoxy groups -OCH3 is 1. The molecule has 188 valence electrons. The quantitative estimate of drug-likeness (QED) is 0.302. The lowest BCUT2D eigenvalue weighted by Crippen LogP contribution is -2.63. The van der Waals surface area contributed by atoms with Crippen LogP contribution in [0.4, 0.5) is 15.9 Å². The van der Waals surface area contributed by atoms with Crippen LogP contribution in [0.15, 0.2) is 36.7 Å². The minimum Gasteiger partial charge on any atom is -0.493 e. The molecule has 1 aromatic heterocycles. The smallest absolute Gasteiger partial charge is 0.163 e. The van der Waals surface area contributed by atoms with Crippen LogP contribution in [0.1, 0.15) is 0 Å². The van der Waals surface area contributed by atoms with Gasteiger partial charge in [-0.1, -0.05) is 11.6 Å². The van der Waals surface area contributed by atoms with Gasteiger partial charge in [-0.25, -0.2) is 14.4 Å². The van der Waals surface area contributed by atoms with Crippen molar-refractivity contribution in [2.24, 2.45) is 0 Å². The highest BCUT2D eigenvalue weighted by Crippen LogP contribution is 2.35. The van der Waals surface area contributed by atoms with Gasteiger partial charge in [0.15, 0.2) is 11.5 Å². The third kappa shape index (κ3) is 5.40. The van der Waals surface area contributed by atoms with Crippen molar-refractivity contribution in [2.75, 3.05) is 38.7 Å². The maximum atomic E-state index is 13.5. The lowest BCUT2D eigenvalue weighted by molar-refractivity contribution is -0.146. The van der Waals surface area contributed by atoms with Gasteiger partial charge in [-0.2, -0.15) is 0 Å². The molecule has 1 aliphatic heterocycles. The number of anilines is 2. The third-order valence-corrected chi connectivity index (χ3v) is 6.24. The van der Waals surface area contributed by atoms with Gasteiger partial charge >= 0.3 is 0 Å². The number of rotatable bonds is 8. The normalized spacial score (nSPS) is 22.8. The van der Waals surface area contributed by atoms with Gasteiger partial charge in [0.1, 0.15) is 36.8 Å². The van der Waals surface area contributed by atoms with E-state index in [-0.39, 0.29) is 31.3 Å². The van der Waals surface area contributed by atoms with Crippen LogP contribution in [0.3, 0.4) is 0 Å². The number of benzene rings is 2. The van der Waals surface area contributed by atoms with Crippen LogP contribution in [-0.2, 0) is 0 Å². The molecule has 0 bridgehead atoms. The number of fused-ring (bicyclic) bond motifs is 1. The largest absolute Gasteiger partial charge is 0.493 e. The van der Waals surface area contributed by atoms with Crippen molar-refractivity contribution in [3.8, 4) is 11.5 Å². The average Bonchev–Trinajstić information content (AvgIpc) is 2.85. The Hall–Kier alpha value is -2.80. The molecule has 3 aromatic rings. The summed E-state index contributed by atoms with van der Waals surface area (Å²) in [6, 6.07) is 6.91. The van der Waals surface area contributed by atoms with Crippen molar-refractivity contribution in [3.05, 3.63) is 47.5 Å². The molecule has 5 N–H and O–H groups in total. The van der Waals surface area contributed by atoms with Crippen LogP contribution in [0.25, 0.3) is 10.9 Å². The molecule has 0 radical (unpaired) electrons. The van der Waals surface area contributed by atoms with Crippen LogP contribution < -0.4 is 14.8 Å². The molecule has 4 rings (SSSR count). The van der Waals surface area contributed by atoms with E-state index in [1.165, 1.54) is 31.6 Å². The summed E-state index contributed by atoms with van der Waals surface area (Å²) in [5.41, 5.74) is 1.11. The van der Waals surface area contributed by atoms with Crippen molar-refractivity contribution >= 4 is 34.0 Å². The molecule has 1 aliphatic rings. The summed E-state index contributed by atoms with van der Waals surface area (Å²) in [7, 11) is 1.49. The van der Waals surface area contributed by atoms with E-state index in [1.807, 2.05) is 0 Å². The first-order chi connectivity index (χ1) is 16.8. The van der Waals surface area contributed by atoms with Crippen LogP contribution >= 0.6 is 11.6 Å². The standard InChI is InChI=1S/C23H26ClFN4O6/c1-34-19-7-13-16(26-11-27-23(13)28-12-2-3-15(25)14(24)6-12)8-20(19)35-5-4-29-9-18(31)22(33)21(32)17(29)10-30/h2-3,6-8,11,17-18,21-22,30-33H,4-5,9-10H2,1H3,(H,26,27,28)/t17-,18+,21-,22-/m1/s1. The molecule has 0 saturated carbocycles. The van der Waals surface area contributed by atoms with Crippen LogP contribution in [0.5, 0.6) is 11.5 Å². The topological polar surface area (TPSA) is 140 Å². The number of hydrogen-bond donors (Lipinski definition) is 5. The zero-order valence-corrected chi connectivity index (χ0v) is 19.6. The summed E-state index contributed by atoms with van der Waals surface area (Å²) >= 11 is 5.87. The summed E-state index contributed by atoms with van der Waals surface area (Å²) in [6.07, 6.45) is -2.36. The summed E-state index contributed by atoms with van der Waals surface area (Å²) in [4.78, 5) is 10.2. The van der Waals surface area contributed by atoms with Crippen molar-refractivity contribution in [2.45, 2.75) is 24.4 Å². The minimum atomic E-state index is -1.32. The van der Waals surface area contributed by atoms with Crippen molar-refractivity contribution < 1.29 is 34.3 Å². The molecule has 0 aliphatic carbocycles. The SMILES string of the molecule is COc1cc2c(Nc3ccc(F)c(Cl)c3)ncnc2cc1OCCN1C[C@H](O)[C@@H](O)[C@H](O)[C@H]1CO. The Labute approximate surface area is 205 Å². The summed E-state index contributed by atoms with van der Waals surface area (Å²) < 4.78 is 24.9. The molecule has 4 atom stereocenters. The number of aliphatic hydroxyl groups excluding tert-OH is 4. The van der Waals surface area contributed by atoms with E-state index in [1.54, 1.807) is 17.0 Å². The first-order valence-corrected chi connectivity index (χ1v) is 11.3. The van der Waals surface area contributed by atoms with E-state index < -0.39 is 30.2 Å². The number of halogens is 2. The first kappa shape index (κ1) is 25.3. The molecule has 2 aromatic carbocycles. The molecular formula is C23H26ClFN4O6. The van der Waals surface area contributed by atoms with Crippen molar-refractivity contribution in [1.29, 1.82) is 0 Å². The lowest BCUT2D eigenvalue weighted by Gasteiger charge is -2.42. The average molecular weight is 509 g/mol. The Bertz CT molecular complexity index is 1190. The molecule has 0 spiro atoms. The van der Waals surface area contributed by atoms with Gasteiger partial charge in [0.2, 0.25) is 0 Å². The summed E-state index contributed by atoms with van der Waals surface area (Å²) in [5, 5.41) is 43.3. The second-order valence-electron chi connectivity index (χ2n) is 8.14. The van der Waals surface area contributed by atoms with Gasteiger partial charge < -0.3 is 35.2 Å². The fourth-order valence-corrected chi connectivity index (χ4v) is 4.24. The highest BCUT2D eigenvalue weighted by atomic mass is 35.5. The molecule has 10 nitrogen and oxygen atoms in total. The van der Waals surface area contributed by atoms with E-state index in [9.17, 15) is 24.8 Å². The minimum absolute atomic E-state index is 0.0201. The number of β-amino-alcohol motifs (C(OH)–C–C–N with tert-alkyl or cyclic N) is 1. The number of nitrogens with zero attached hydrogens (tertiary/aromatic N) is 3. The molecule has 0 unspecified atom stereocenters. The Morgan fingerprint density at radius 3 is 2.66 bits per heavy atom. The van der Waals surface area contributed by atoms with Crippen LogP contribution in [0.2, 0.25) is 5.02 Å². The highest BCUT2D eigenvalue weighted by molar-refractivity contribution is 6.31. The number of nitrogens with one attached hydrogen (secondary N) is 1. The molecule has 0 amide bonds. The van der Waals surface area contributed by atoms with Crippen LogP contribution in [0, 0.1) is 5.82 Å². The summed E-state index contributed by atoms with van der Waals surface area (Å²) in [5.74, 6) is 0.764. The molecule has 2 heterocycles. The second kappa shape index (κ2) is 10.9. The van der Waals surface area contributed by atoms with Crippen molar-refractivity contribution in [1.82, 2.24) is 14.9 Å². The zero-order chi connectivity index (χ0) is 25.1. The number of ether oxygens (including phenoxy) is 2. The Morgan fingerprint density at radius 2 is 1.94 bits per heavy atom. The number of hydrogen-bond acceptors (Lipinski definition) is 10. The maximum absolute atomic E-state index is 13.5. The predicted molar refractivity (Wildman–Crippen MR) is 127 cm³/mol. The van der Waals surface area contributed by atoms with Gasteiger partial charge in [-0.05, 0) is 24.3 Å². The highest BCUT2D eigenvalue weighted by Gasteiger charge is 2.40. The van der Waals surface area contributed by atoms with E-state index in [0.717, 1.165) is 0 Å². The molecular weight excluding hydrogens is 483 g/mol. The Kier molecular flexibility index (Phi) is 7.85. The Balaban J connectivity index is 1.51. The van der Waals surface area contributed by atoms with Crippen LogP contribution in [-0.4, -0.2) is 93.1 Å². The monoisotopic (exact) mass is 508 g/mol. The first-order valence-electron chi connectivity index (χ1n) is 10.9. The molecule has 1 fully saturated rings. The lowest BCUT2D eigenvalue weighted by atomic mass is 9.94. The van der Waals surface area contributed by atoms with Crippen molar-refractivity contribution in [3.63, 3.8) is 0 Å². The van der Waals surface area contributed by atoms with Gasteiger partial charge in [0.25, 0.3) is 0 Å². The van der Waals surface area contributed by atoms with E-state index >= 15 is 0 Å². The van der Waals surface area contributed by atoms with E-state index in [0.29, 0.717) is 33.9 Å². The maximum Gasteiger partial charge on any atom is 0.163 e. The van der Waals surface area contributed by atoms with Gasteiger partial charge in [-0.3, -0.25) is 4.90 Å². The number of aromatic nitrogens is 2. The number of aliphatic hydroxyl groups is 4. The molecule has 12 heteroatoms. The third-order valence-electron chi connectivity index (χ3n) is 5.96. The van der Waals surface area contributed by atoms with E-state index in [2.05, 4.69) is 15.3 Å². The number of likely N-dealkylation sites (tertiary alicyclic amines) is 1. The number of piperidine rings is 1. The zero-order valence-electron chi connectivity index (χ0n) is 18.8. The Morgan fingerprint density at radius 1 is 1.14 bits per heavy atom. The van der Waals surface area contributed by atoms with Gasteiger partial charge in [0, 0.05) is 30.2 Å². The summed E-state index contributed by atoms with van der Waals surface area (Å²) in [6.45, 7) is 0.126.